The standard InChI is InChI=1S/C16H18F3NO3/c1-15(2,16(17,18)19)7-13(21)20-8-10-5-3-4-6-11(10)12(9-20)14(22)23/h3-6,12H,7-9H2,1-2H3,(H,22,23). The number of carboxylic acid groups (broad SMARTS) is 1. The number of fused-ring (bicyclic) bond motifs is 1. The number of alkyl halides is 3. The summed E-state index contributed by atoms with van der Waals surface area (Å²) in [6.07, 6.45) is -5.20. The van der Waals surface area contributed by atoms with Gasteiger partial charge in [0.15, 0.2) is 0 Å². The highest BCUT2D eigenvalue weighted by Crippen LogP contribution is 2.41. The molecule has 1 atom stereocenters. The molecule has 23 heavy (non-hydrogen) atoms. The van der Waals surface area contributed by atoms with Gasteiger partial charge in [-0.05, 0) is 11.1 Å². The van der Waals surface area contributed by atoms with Crippen LogP contribution in [0.2, 0.25) is 0 Å². The molecule has 0 saturated carbocycles. The van der Waals surface area contributed by atoms with Gasteiger partial charge in [-0.25, -0.2) is 0 Å². The molecule has 1 aromatic carbocycles. The summed E-state index contributed by atoms with van der Waals surface area (Å²) < 4.78 is 38.8. The van der Waals surface area contributed by atoms with E-state index < -0.39 is 35.8 Å². The first-order valence-corrected chi connectivity index (χ1v) is 7.18. The molecule has 1 N–H and O–H groups in total. The molecule has 0 aliphatic carbocycles. The molecule has 1 aliphatic heterocycles. The van der Waals surface area contributed by atoms with E-state index in [0.29, 0.717) is 11.1 Å². The number of carbonyl (C=O) groups is 2. The first-order chi connectivity index (χ1) is 10.5. The fourth-order valence-corrected chi connectivity index (χ4v) is 2.60. The van der Waals surface area contributed by atoms with Gasteiger partial charge in [0.05, 0.1) is 11.3 Å². The zero-order valence-corrected chi connectivity index (χ0v) is 12.9. The van der Waals surface area contributed by atoms with E-state index in [4.69, 9.17) is 0 Å². The number of rotatable bonds is 3. The minimum Gasteiger partial charge on any atom is -0.481 e. The zero-order chi connectivity index (χ0) is 17.4. The quantitative estimate of drug-likeness (QED) is 0.927. The van der Waals surface area contributed by atoms with Crippen molar-refractivity contribution in [2.24, 2.45) is 5.41 Å². The molecule has 0 fully saturated rings. The van der Waals surface area contributed by atoms with Crippen LogP contribution in [0.15, 0.2) is 24.3 Å². The maximum Gasteiger partial charge on any atom is 0.394 e. The van der Waals surface area contributed by atoms with E-state index in [9.17, 15) is 27.9 Å². The Balaban J connectivity index is 2.22. The van der Waals surface area contributed by atoms with Crippen LogP contribution >= 0.6 is 0 Å². The Labute approximate surface area is 131 Å². The number of hydrogen-bond acceptors (Lipinski definition) is 2. The van der Waals surface area contributed by atoms with Crippen LogP contribution in [-0.4, -0.2) is 34.6 Å². The van der Waals surface area contributed by atoms with E-state index in [2.05, 4.69) is 0 Å². The first kappa shape index (κ1) is 17.3. The molecule has 0 saturated heterocycles. The molecule has 7 heteroatoms. The summed E-state index contributed by atoms with van der Waals surface area (Å²) in [6, 6.07) is 6.79. The molecule has 1 aromatic rings. The van der Waals surface area contributed by atoms with Crippen molar-refractivity contribution in [1.82, 2.24) is 4.90 Å². The SMILES string of the molecule is CC(C)(CC(=O)N1Cc2ccccc2C(C(=O)O)C1)C(F)(F)F. The minimum atomic E-state index is -4.50. The van der Waals surface area contributed by atoms with Crippen LogP contribution in [0.25, 0.3) is 0 Å². The van der Waals surface area contributed by atoms with Gasteiger partial charge < -0.3 is 10.0 Å². The number of aliphatic carboxylic acids is 1. The third-order valence-electron chi connectivity index (χ3n) is 4.21. The summed E-state index contributed by atoms with van der Waals surface area (Å²) in [5.74, 6) is -2.70. The van der Waals surface area contributed by atoms with Crippen LogP contribution in [-0.2, 0) is 16.1 Å². The minimum absolute atomic E-state index is 0.112. The van der Waals surface area contributed by atoms with Gasteiger partial charge in [-0.1, -0.05) is 38.1 Å². The molecule has 1 aliphatic rings. The van der Waals surface area contributed by atoms with Crippen LogP contribution in [0.3, 0.4) is 0 Å². The van der Waals surface area contributed by atoms with Crippen molar-refractivity contribution < 1.29 is 27.9 Å². The normalized spacial score (nSPS) is 18.5. The average Bonchev–Trinajstić information content (AvgIpc) is 2.44. The van der Waals surface area contributed by atoms with Crippen LogP contribution < -0.4 is 0 Å². The summed E-state index contributed by atoms with van der Waals surface area (Å²) in [4.78, 5) is 24.9. The zero-order valence-electron chi connectivity index (χ0n) is 12.9. The summed E-state index contributed by atoms with van der Waals surface area (Å²) >= 11 is 0. The molecule has 1 unspecified atom stereocenters. The Kier molecular flexibility index (Phi) is 4.41. The number of hydrogen-bond donors (Lipinski definition) is 1. The molecule has 1 heterocycles. The number of amides is 1. The molecule has 2 rings (SSSR count). The number of benzene rings is 1. The van der Waals surface area contributed by atoms with Crippen molar-refractivity contribution in [2.45, 2.75) is 38.9 Å². The lowest BCUT2D eigenvalue weighted by atomic mass is 9.86. The van der Waals surface area contributed by atoms with E-state index in [1.807, 2.05) is 0 Å². The molecule has 0 radical (unpaired) electrons. The van der Waals surface area contributed by atoms with Crippen molar-refractivity contribution in [2.75, 3.05) is 6.54 Å². The Hall–Kier alpha value is -2.05. The first-order valence-electron chi connectivity index (χ1n) is 7.18. The largest absolute Gasteiger partial charge is 0.481 e. The van der Waals surface area contributed by atoms with Gasteiger partial charge >= 0.3 is 12.1 Å². The number of halogens is 3. The van der Waals surface area contributed by atoms with Gasteiger partial charge in [0.2, 0.25) is 5.91 Å². The maximum absolute atomic E-state index is 12.9. The summed E-state index contributed by atoms with van der Waals surface area (Å²) in [7, 11) is 0. The van der Waals surface area contributed by atoms with E-state index >= 15 is 0 Å². The molecule has 4 nitrogen and oxygen atoms in total. The predicted molar refractivity (Wildman–Crippen MR) is 76.7 cm³/mol. The van der Waals surface area contributed by atoms with Crippen LogP contribution in [0.1, 0.15) is 37.3 Å². The summed E-state index contributed by atoms with van der Waals surface area (Å²) in [5, 5.41) is 9.33. The molecule has 0 spiro atoms. The van der Waals surface area contributed by atoms with E-state index in [1.54, 1.807) is 24.3 Å². The highest BCUT2D eigenvalue weighted by atomic mass is 19.4. The third kappa shape index (κ3) is 3.48. The van der Waals surface area contributed by atoms with Crippen molar-refractivity contribution in [3.63, 3.8) is 0 Å². The van der Waals surface area contributed by atoms with E-state index in [0.717, 1.165) is 13.8 Å². The van der Waals surface area contributed by atoms with Gasteiger partial charge in [-0.15, -0.1) is 0 Å². The molecule has 1 amide bonds. The van der Waals surface area contributed by atoms with Gasteiger partial charge in [0.25, 0.3) is 0 Å². The van der Waals surface area contributed by atoms with Gasteiger partial charge in [-0.3, -0.25) is 9.59 Å². The predicted octanol–water partition coefficient (Wildman–Crippen LogP) is 3.18. The van der Waals surface area contributed by atoms with E-state index in [-0.39, 0.29) is 13.1 Å². The fraction of sp³-hybridized carbons (Fsp3) is 0.500. The molecule has 126 valence electrons. The van der Waals surface area contributed by atoms with Crippen LogP contribution in [0.5, 0.6) is 0 Å². The Morgan fingerprint density at radius 2 is 1.87 bits per heavy atom. The highest BCUT2D eigenvalue weighted by Gasteiger charge is 2.49. The van der Waals surface area contributed by atoms with Gasteiger partial charge in [-0.2, -0.15) is 13.2 Å². The maximum atomic E-state index is 12.9. The molecule has 0 bridgehead atoms. The Bertz CT molecular complexity index is 625. The summed E-state index contributed by atoms with van der Waals surface area (Å²) in [5.41, 5.74) is -0.886. The number of carboxylic acids is 1. The lowest BCUT2D eigenvalue weighted by molar-refractivity contribution is -0.215. The molecular weight excluding hydrogens is 311 g/mol. The summed E-state index contributed by atoms with van der Waals surface area (Å²) in [6.45, 7) is 1.96. The number of carbonyl (C=O) groups excluding carboxylic acids is 1. The highest BCUT2D eigenvalue weighted by molar-refractivity contribution is 5.82. The lowest BCUT2D eigenvalue weighted by Crippen LogP contribution is -2.44. The van der Waals surface area contributed by atoms with Crippen LogP contribution in [0, 0.1) is 5.41 Å². The third-order valence-corrected chi connectivity index (χ3v) is 4.21. The van der Waals surface area contributed by atoms with Crippen molar-refractivity contribution in [3.05, 3.63) is 35.4 Å². The van der Waals surface area contributed by atoms with Crippen molar-refractivity contribution in [1.29, 1.82) is 0 Å². The average molecular weight is 329 g/mol. The lowest BCUT2D eigenvalue weighted by Gasteiger charge is -2.35. The second-order valence-corrected chi connectivity index (χ2v) is 6.42. The van der Waals surface area contributed by atoms with Crippen molar-refractivity contribution in [3.8, 4) is 0 Å². The van der Waals surface area contributed by atoms with Crippen molar-refractivity contribution >= 4 is 11.9 Å². The van der Waals surface area contributed by atoms with Gasteiger partial charge in [0.1, 0.15) is 0 Å². The van der Waals surface area contributed by atoms with Crippen LogP contribution in [0.4, 0.5) is 13.2 Å². The smallest absolute Gasteiger partial charge is 0.394 e. The molecule has 0 aromatic heterocycles. The molecular formula is C16H18F3NO3. The monoisotopic (exact) mass is 329 g/mol. The topological polar surface area (TPSA) is 57.6 Å². The van der Waals surface area contributed by atoms with Gasteiger partial charge in [0, 0.05) is 19.5 Å². The Morgan fingerprint density at radius 1 is 1.26 bits per heavy atom. The Morgan fingerprint density at radius 3 is 2.43 bits per heavy atom. The fourth-order valence-electron chi connectivity index (χ4n) is 2.60. The second-order valence-electron chi connectivity index (χ2n) is 6.42. The number of nitrogens with zero attached hydrogens (tertiary/aromatic N) is 1. The van der Waals surface area contributed by atoms with E-state index in [1.165, 1.54) is 4.90 Å². The second kappa shape index (κ2) is 5.86.